The molecular weight excluding hydrogens is 272 g/mol. The van der Waals surface area contributed by atoms with Crippen molar-refractivity contribution in [3.05, 3.63) is 34.3 Å². The Morgan fingerprint density at radius 1 is 1.35 bits per heavy atom. The van der Waals surface area contributed by atoms with Crippen molar-refractivity contribution in [2.24, 2.45) is 5.41 Å². The predicted octanol–water partition coefficient (Wildman–Crippen LogP) is 2.61. The molecule has 2 rings (SSSR count). The van der Waals surface area contributed by atoms with Gasteiger partial charge in [-0.25, -0.2) is 0 Å². The Hall–Kier alpha value is -0.610. The molecule has 1 heterocycles. The molecule has 1 fully saturated rings. The second-order valence-electron chi connectivity index (χ2n) is 6.34. The van der Waals surface area contributed by atoms with E-state index in [1.807, 2.05) is 6.92 Å². The van der Waals surface area contributed by atoms with Crippen LogP contribution in [0.2, 0.25) is 5.02 Å². The van der Waals surface area contributed by atoms with E-state index in [1.165, 1.54) is 5.56 Å². The molecule has 1 saturated heterocycles. The van der Waals surface area contributed by atoms with E-state index in [0.29, 0.717) is 0 Å². The number of piperazine rings is 1. The predicted molar refractivity (Wildman–Crippen MR) is 84.2 cm³/mol. The van der Waals surface area contributed by atoms with Crippen molar-refractivity contribution in [2.45, 2.75) is 26.8 Å². The van der Waals surface area contributed by atoms with E-state index >= 15 is 0 Å². The number of hydrogen-bond donors (Lipinski definition) is 2. The third-order valence-corrected chi connectivity index (χ3v) is 4.58. The van der Waals surface area contributed by atoms with Crippen molar-refractivity contribution in [2.75, 3.05) is 32.8 Å². The summed E-state index contributed by atoms with van der Waals surface area (Å²) in [5, 5.41) is 14.0. The zero-order valence-corrected chi connectivity index (χ0v) is 13.4. The number of benzene rings is 1. The fourth-order valence-corrected chi connectivity index (χ4v) is 3.15. The number of nitrogens with one attached hydrogen (secondary N) is 1. The molecular formula is C16H25ClN2O. The topological polar surface area (TPSA) is 35.5 Å². The number of rotatable bonds is 4. The molecule has 0 saturated carbocycles. The Morgan fingerprint density at radius 2 is 2.00 bits per heavy atom. The van der Waals surface area contributed by atoms with Gasteiger partial charge in [-0.15, -0.1) is 0 Å². The van der Waals surface area contributed by atoms with Crippen LogP contribution < -0.4 is 5.32 Å². The Balaban J connectivity index is 2.36. The zero-order valence-electron chi connectivity index (χ0n) is 12.6. The third kappa shape index (κ3) is 3.34. The largest absolute Gasteiger partial charge is 0.396 e. The van der Waals surface area contributed by atoms with Gasteiger partial charge in [-0.1, -0.05) is 37.6 Å². The lowest BCUT2D eigenvalue weighted by Gasteiger charge is -2.43. The van der Waals surface area contributed by atoms with Crippen LogP contribution in [-0.2, 0) is 0 Å². The Bertz CT molecular complexity index is 456. The van der Waals surface area contributed by atoms with Gasteiger partial charge in [0.15, 0.2) is 0 Å². The first-order valence-corrected chi connectivity index (χ1v) is 7.65. The van der Waals surface area contributed by atoms with Gasteiger partial charge in [-0.3, -0.25) is 4.90 Å². The van der Waals surface area contributed by atoms with Crippen LogP contribution in [0.15, 0.2) is 18.2 Å². The summed E-state index contributed by atoms with van der Waals surface area (Å²) in [7, 11) is 0. The lowest BCUT2D eigenvalue weighted by molar-refractivity contribution is 0.0305. The number of aliphatic hydroxyl groups excluding tert-OH is 1. The lowest BCUT2D eigenvalue weighted by atomic mass is 9.79. The van der Waals surface area contributed by atoms with E-state index in [4.69, 9.17) is 11.6 Å². The van der Waals surface area contributed by atoms with Crippen molar-refractivity contribution in [1.29, 1.82) is 0 Å². The highest BCUT2D eigenvalue weighted by atomic mass is 35.5. The van der Waals surface area contributed by atoms with E-state index in [2.05, 4.69) is 42.3 Å². The first-order valence-electron chi connectivity index (χ1n) is 7.27. The molecule has 112 valence electrons. The van der Waals surface area contributed by atoms with Crippen LogP contribution in [0, 0.1) is 12.3 Å². The van der Waals surface area contributed by atoms with E-state index < -0.39 is 0 Å². The summed E-state index contributed by atoms with van der Waals surface area (Å²) in [5.74, 6) is 0. The number of aliphatic hydroxyl groups is 1. The van der Waals surface area contributed by atoms with Crippen molar-refractivity contribution in [3.63, 3.8) is 0 Å². The first-order chi connectivity index (χ1) is 9.45. The van der Waals surface area contributed by atoms with Gasteiger partial charge in [-0.2, -0.15) is 0 Å². The standard InChI is InChI=1S/C16H25ClN2O/c1-12-4-5-13(10-14(12)17)15(16(2,3)11-20)19-8-6-18-7-9-19/h4-5,10,15,18,20H,6-9,11H2,1-3H3/t15-/m1/s1. The minimum Gasteiger partial charge on any atom is -0.396 e. The minimum absolute atomic E-state index is 0.160. The average Bonchev–Trinajstić information content (AvgIpc) is 2.44. The third-order valence-electron chi connectivity index (χ3n) is 4.18. The van der Waals surface area contributed by atoms with Crippen LogP contribution in [0.3, 0.4) is 0 Å². The quantitative estimate of drug-likeness (QED) is 0.896. The van der Waals surface area contributed by atoms with Gasteiger partial charge < -0.3 is 10.4 Å². The molecule has 4 heteroatoms. The van der Waals surface area contributed by atoms with Gasteiger partial charge >= 0.3 is 0 Å². The highest BCUT2D eigenvalue weighted by Crippen LogP contribution is 2.39. The van der Waals surface area contributed by atoms with Gasteiger partial charge in [-0.05, 0) is 24.1 Å². The van der Waals surface area contributed by atoms with Gasteiger partial charge in [0.1, 0.15) is 0 Å². The molecule has 1 aliphatic heterocycles. The first kappa shape index (κ1) is 15.8. The van der Waals surface area contributed by atoms with Gasteiger partial charge in [0.05, 0.1) is 0 Å². The SMILES string of the molecule is Cc1ccc([C@@H](N2CCNCC2)C(C)(C)CO)cc1Cl. The molecule has 0 spiro atoms. The van der Waals surface area contributed by atoms with Gasteiger partial charge in [0.2, 0.25) is 0 Å². The summed E-state index contributed by atoms with van der Waals surface area (Å²) in [6.45, 7) is 10.4. The van der Waals surface area contributed by atoms with Crippen molar-refractivity contribution < 1.29 is 5.11 Å². The lowest BCUT2D eigenvalue weighted by Crippen LogP contribution is -2.49. The number of aryl methyl sites for hydroxylation is 1. The monoisotopic (exact) mass is 296 g/mol. The Labute approximate surface area is 126 Å². The molecule has 0 aliphatic carbocycles. The fourth-order valence-electron chi connectivity index (χ4n) is 2.96. The average molecular weight is 297 g/mol. The summed E-state index contributed by atoms with van der Waals surface area (Å²) in [5.41, 5.74) is 2.09. The smallest absolute Gasteiger partial charge is 0.0500 e. The van der Waals surface area contributed by atoms with Crippen LogP contribution in [-0.4, -0.2) is 42.8 Å². The summed E-state index contributed by atoms with van der Waals surface area (Å²) < 4.78 is 0. The highest BCUT2D eigenvalue weighted by molar-refractivity contribution is 6.31. The molecule has 20 heavy (non-hydrogen) atoms. The van der Waals surface area contributed by atoms with Crippen LogP contribution in [0.5, 0.6) is 0 Å². The Morgan fingerprint density at radius 3 is 2.55 bits per heavy atom. The molecule has 0 aromatic heterocycles. The maximum atomic E-state index is 9.81. The van der Waals surface area contributed by atoms with E-state index in [1.54, 1.807) is 0 Å². The molecule has 0 bridgehead atoms. The summed E-state index contributed by atoms with van der Waals surface area (Å²) in [6.07, 6.45) is 0. The molecule has 0 radical (unpaired) electrons. The van der Waals surface area contributed by atoms with Crippen LogP contribution in [0.4, 0.5) is 0 Å². The van der Waals surface area contributed by atoms with Gasteiger partial charge in [0, 0.05) is 49.3 Å². The second kappa shape index (κ2) is 6.44. The molecule has 0 amide bonds. The van der Waals surface area contributed by atoms with E-state index in [0.717, 1.165) is 36.8 Å². The van der Waals surface area contributed by atoms with E-state index in [-0.39, 0.29) is 18.1 Å². The summed E-state index contributed by atoms with van der Waals surface area (Å²) >= 11 is 6.30. The summed E-state index contributed by atoms with van der Waals surface area (Å²) in [4.78, 5) is 2.45. The maximum absolute atomic E-state index is 9.81. The van der Waals surface area contributed by atoms with Crippen molar-refractivity contribution in [3.8, 4) is 0 Å². The van der Waals surface area contributed by atoms with Crippen LogP contribution >= 0.6 is 11.6 Å². The molecule has 3 nitrogen and oxygen atoms in total. The molecule has 1 atom stereocenters. The second-order valence-corrected chi connectivity index (χ2v) is 6.75. The van der Waals surface area contributed by atoms with Crippen molar-refractivity contribution in [1.82, 2.24) is 10.2 Å². The van der Waals surface area contributed by atoms with Crippen LogP contribution in [0.25, 0.3) is 0 Å². The van der Waals surface area contributed by atoms with E-state index in [9.17, 15) is 5.11 Å². The van der Waals surface area contributed by atoms with Gasteiger partial charge in [0.25, 0.3) is 0 Å². The maximum Gasteiger partial charge on any atom is 0.0500 e. The molecule has 0 unspecified atom stereocenters. The molecule has 1 aromatic rings. The normalized spacial score (nSPS) is 19.1. The summed E-state index contributed by atoms with van der Waals surface area (Å²) in [6, 6.07) is 6.46. The van der Waals surface area contributed by atoms with Crippen LogP contribution in [0.1, 0.15) is 31.0 Å². The fraction of sp³-hybridized carbons (Fsp3) is 0.625. The molecule has 1 aliphatic rings. The number of halogens is 1. The zero-order chi connectivity index (χ0) is 14.8. The molecule has 1 aromatic carbocycles. The highest BCUT2D eigenvalue weighted by Gasteiger charge is 2.35. The number of hydrogen-bond acceptors (Lipinski definition) is 3. The minimum atomic E-state index is -0.198. The van der Waals surface area contributed by atoms with Crippen molar-refractivity contribution >= 4 is 11.6 Å². The Kier molecular flexibility index (Phi) is 5.08. The molecule has 2 N–H and O–H groups in total. The number of nitrogens with zero attached hydrogens (tertiary/aromatic N) is 1.